The lowest BCUT2D eigenvalue weighted by molar-refractivity contribution is 0.101. The largest absolute Gasteiger partial charge is 0.452 e. The zero-order chi connectivity index (χ0) is 12.7. The van der Waals surface area contributed by atoms with Crippen LogP contribution >= 0.6 is 11.5 Å². The van der Waals surface area contributed by atoms with Gasteiger partial charge >= 0.3 is 0 Å². The van der Waals surface area contributed by atoms with Crippen molar-refractivity contribution in [3.8, 4) is 0 Å². The lowest BCUT2D eigenvalue weighted by atomic mass is 10.1. The highest BCUT2D eigenvalue weighted by atomic mass is 32.1. The van der Waals surface area contributed by atoms with E-state index in [0.717, 1.165) is 28.1 Å². The van der Waals surface area contributed by atoms with E-state index in [1.165, 1.54) is 0 Å². The van der Waals surface area contributed by atoms with E-state index < -0.39 is 0 Å². The molecule has 0 saturated carbocycles. The second kappa shape index (κ2) is 4.03. The average Bonchev–Trinajstić information content (AvgIpc) is 2.95. The molecular formula is C13H10N2O2S. The molecule has 1 aromatic carbocycles. The number of furan rings is 1. The number of para-hydroxylation sites is 1. The van der Waals surface area contributed by atoms with E-state index in [0.29, 0.717) is 16.3 Å². The van der Waals surface area contributed by atoms with Crippen molar-refractivity contribution in [1.82, 2.24) is 9.59 Å². The Morgan fingerprint density at radius 3 is 2.83 bits per heavy atom. The minimum absolute atomic E-state index is 0.155. The van der Waals surface area contributed by atoms with Crippen LogP contribution in [-0.2, 0) is 0 Å². The van der Waals surface area contributed by atoms with Crippen molar-refractivity contribution < 1.29 is 9.21 Å². The summed E-state index contributed by atoms with van der Waals surface area (Å²) in [6.45, 7) is 3.73. The number of fused-ring (bicyclic) bond motifs is 1. The quantitative estimate of drug-likeness (QED) is 0.663. The summed E-state index contributed by atoms with van der Waals surface area (Å²) in [4.78, 5) is 12.8. The Morgan fingerprint density at radius 1 is 1.33 bits per heavy atom. The van der Waals surface area contributed by atoms with Gasteiger partial charge in [-0.3, -0.25) is 4.79 Å². The summed E-state index contributed by atoms with van der Waals surface area (Å²) < 4.78 is 9.41. The van der Waals surface area contributed by atoms with E-state index in [1.807, 2.05) is 25.1 Å². The van der Waals surface area contributed by atoms with Crippen molar-refractivity contribution in [2.24, 2.45) is 0 Å². The summed E-state index contributed by atoms with van der Waals surface area (Å²) in [5, 5.41) is 4.78. The molecule has 0 atom stereocenters. The standard InChI is InChI=1S/C13H10N2O2S/c1-7-4-3-5-9-6-10(17-12(7)9)11(16)13-8(2)14-15-18-13/h3-6H,1-2H3. The second-order valence-corrected chi connectivity index (χ2v) is 4.87. The van der Waals surface area contributed by atoms with E-state index in [2.05, 4.69) is 9.59 Å². The summed E-state index contributed by atoms with van der Waals surface area (Å²) in [5.41, 5.74) is 2.42. The maximum Gasteiger partial charge on any atom is 0.241 e. The van der Waals surface area contributed by atoms with Crippen LogP contribution in [0.15, 0.2) is 28.7 Å². The fraction of sp³-hybridized carbons (Fsp3) is 0.154. The fourth-order valence-electron chi connectivity index (χ4n) is 1.87. The van der Waals surface area contributed by atoms with Crippen molar-refractivity contribution in [2.45, 2.75) is 13.8 Å². The number of carbonyl (C=O) groups is 1. The third-order valence-electron chi connectivity index (χ3n) is 2.82. The Balaban J connectivity index is 2.13. The molecule has 0 saturated heterocycles. The molecule has 5 heteroatoms. The normalized spacial score (nSPS) is 11.0. The van der Waals surface area contributed by atoms with Crippen LogP contribution in [0.1, 0.15) is 26.7 Å². The minimum atomic E-state index is -0.155. The highest BCUT2D eigenvalue weighted by Gasteiger charge is 2.19. The number of benzene rings is 1. The van der Waals surface area contributed by atoms with Crippen LogP contribution in [0.4, 0.5) is 0 Å². The first-order valence-electron chi connectivity index (χ1n) is 5.49. The van der Waals surface area contributed by atoms with Crippen molar-refractivity contribution >= 4 is 28.3 Å². The first-order valence-corrected chi connectivity index (χ1v) is 6.27. The molecule has 0 radical (unpaired) electrons. The van der Waals surface area contributed by atoms with Gasteiger partial charge in [0.15, 0.2) is 5.76 Å². The van der Waals surface area contributed by atoms with Gasteiger partial charge in [0.2, 0.25) is 5.78 Å². The Kier molecular flexibility index (Phi) is 2.48. The maximum absolute atomic E-state index is 12.2. The summed E-state index contributed by atoms with van der Waals surface area (Å²) in [6, 6.07) is 7.60. The van der Waals surface area contributed by atoms with Gasteiger partial charge in [-0.25, -0.2) is 0 Å². The average molecular weight is 258 g/mol. The van der Waals surface area contributed by atoms with Gasteiger partial charge in [-0.1, -0.05) is 22.7 Å². The van der Waals surface area contributed by atoms with E-state index >= 15 is 0 Å². The lowest BCUT2D eigenvalue weighted by Crippen LogP contribution is -1.98. The Labute approximate surface area is 107 Å². The predicted octanol–water partition coefficient (Wildman–Crippen LogP) is 3.13. The smallest absolute Gasteiger partial charge is 0.241 e. The predicted molar refractivity (Wildman–Crippen MR) is 69.0 cm³/mol. The highest BCUT2D eigenvalue weighted by molar-refractivity contribution is 7.08. The van der Waals surface area contributed by atoms with E-state index in [4.69, 9.17) is 4.42 Å². The Hall–Kier alpha value is -2.01. The molecule has 3 aromatic rings. The van der Waals surface area contributed by atoms with Crippen molar-refractivity contribution in [3.05, 3.63) is 46.2 Å². The Bertz CT molecular complexity index is 742. The number of rotatable bonds is 2. The molecule has 0 N–H and O–H groups in total. The van der Waals surface area contributed by atoms with Crippen LogP contribution in [0.2, 0.25) is 0 Å². The first-order chi connectivity index (χ1) is 8.66. The monoisotopic (exact) mass is 258 g/mol. The number of ketones is 1. The molecule has 0 amide bonds. The highest BCUT2D eigenvalue weighted by Crippen LogP contribution is 2.25. The fourth-order valence-corrected chi connectivity index (χ4v) is 2.47. The summed E-state index contributed by atoms with van der Waals surface area (Å²) in [6.07, 6.45) is 0. The SMILES string of the molecule is Cc1nnsc1C(=O)c1cc2cccc(C)c2o1. The zero-order valence-corrected chi connectivity index (χ0v) is 10.7. The number of carbonyl (C=O) groups excluding carboxylic acids is 1. The van der Waals surface area contributed by atoms with Gasteiger partial charge in [0.25, 0.3) is 0 Å². The molecule has 4 nitrogen and oxygen atoms in total. The van der Waals surface area contributed by atoms with Crippen molar-refractivity contribution in [3.63, 3.8) is 0 Å². The third-order valence-corrected chi connectivity index (χ3v) is 3.65. The van der Waals surface area contributed by atoms with Crippen LogP contribution in [-0.4, -0.2) is 15.4 Å². The number of hydrogen-bond donors (Lipinski definition) is 0. The molecule has 0 unspecified atom stereocenters. The van der Waals surface area contributed by atoms with E-state index in [-0.39, 0.29) is 5.78 Å². The summed E-state index contributed by atoms with van der Waals surface area (Å²) in [7, 11) is 0. The molecule has 0 aliphatic carbocycles. The summed E-state index contributed by atoms with van der Waals surface area (Å²) in [5.74, 6) is 0.187. The van der Waals surface area contributed by atoms with E-state index in [9.17, 15) is 4.79 Å². The molecule has 18 heavy (non-hydrogen) atoms. The van der Waals surface area contributed by atoms with Crippen molar-refractivity contribution in [2.75, 3.05) is 0 Å². The van der Waals surface area contributed by atoms with Gasteiger partial charge in [-0.2, -0.15) is 0 Å². The molecule has 2 aromatic heterocycles. The Morgan fingerprint density at radius 2 is 2.17 bits per heavy atom. The van der Waals surface area contributed by atoms with Gasteiger partial charge in [0, 0.05) is 5.39 Å². The lowest BCUT2D eigenvalue weighted by Gasteiger charge is -1.93. The molecule has 90 valence electrons. The van der Waals surface area contributed by atoms with E-state index in [1.54, 1.807) is 13.0 Å². The van der Waals surface area contributed by atoms with Crippen LogP contribution in [0, 0.1) is 13.8 Å². The van der Waals surface area contributed by atoms with Gasteiger partial charge < -0.3 is 4.42 Å². The van der Waals surface area contributed by atoms with Crippen LogP contribution in [0.25, 0.3) is 11.0 Å². The minimum Gasteiger partial charge on any atom is -0.452 e. The number of nitrogens with zero attached hydrogens (tertiary/aromatic N) is 2. The number of hydrogen-bond acceptors (Lipinski definition) is 5. The molecule has 2 heterocycles. The van der Waals surface area contributed by atoms with Gasteiger partial charge in [0.1, 0.15) is 10.5 Å². The number of aromatic nitrogens is 2. The summed E-state index contributed by atoms with van der Waals surface area (Å²) >= 11 is 1.10. The third kappa shape index (κ3) is 1.64. The van der Waals surface area contributed by atoms with Gasteiger partial charge in [-0.15, -0.1) is 5.10 Å². The van der Waals surface area contributed by atoms with Gasteiger partial charge in [0.05, 0.1) is 5.69 Å². The zero-order valence-electron chi connectivity index (χ0n) is 9.93. The molecule has 0 spiro atoms. The van der Waals surface area contributed by atoms with Gasteiger partial charge in [-0.05, 0) is 37.0 Å². The number of aryl methyl sites for hydroxylation is 2. The second-order valence-electron chi connectivity index (χ2n) is 4.12. The molecule has 0 aliphatic rings. The molecule has 0 fully saturated rings. The molecule has 0 bridgehead atoms. The maximum atomic E-state index is 12.2. The molecule has 3 rings (SSSR count). The first kappa shape index (κ1) is 11.1. The van der Waals surface area contributed by atoms with Crippen molar-refractivity contribution in [1.29, 1.82) is 0 Å². The van der Waals surface area contributed by atoms with Crippen LogP contribution < -0.4 is 0 Å². The molecule has 0 aliphatic heterocycles. The van der Waals surface area contributed by atoms with Crippen LogP contribution in [0.3, 0.4) is 0 Å². The topological polar surface area (TPSA) is 56.0 Å². The van der Waals surface area contributed by atoms with Crippen LogP contribution in [0.5, 0.6) is 0 Å². The molecular weight excluding hydrogens is 248 g/mol.